The van der Waals surface area contributed by atoms with Crippen molar-refractivity contribution in [3.63, 3.8) is 0 Å². The van der Waals surface area contributed by atoms with E-state index in [1.807, 2.05) is 50.2 Å². The van der Waals surface area contributed by atoms with E-state index in [1.54, 1.807) is 12.1 Å². The number of sulfonamides is 1. The van der Waals surface area contributed by atoms with Gasteiger partial charge in [0, 0.05) is 0 Å². The summed E-state index contributed by atoms with van der Waals surface area (Å²) in [6.45, 7) is 3.69. The maximum atomic E-state index is 13.2. The number of hydrogen-bond acceptors (Lipinski definition) is 4. The van der Waals surface area contributed by atoms with E-state index in [9.17, 15) is 12.8 Å². The SMILES string of the molecule is Cc1ccc(C(c2ccc(C)o2)c2ccccc2NS(=O)(=O)c2ccc(F)cc2)o1. The molecular formula is C23H20FNO4S. The molecule has 154 valence electrons. The van der Waals surface area contributed by atoms with Gasteiger partial charge in [0.15, 0.2) is 0 Å². The third-order valence-corrected chi connectivity index (χ3v) is 6.11. The monoisotopic (exact) mass is 425 g/mol. The van der Waals surface area contributed by atoms with Crippen LogP contribution in [0.1, 0.15) is 34.5 Å². The molecule has 4 aromatic rings. The van der Waals surface area contributed by atoms with Gasteiger partial charge in [0.05, 0.1) is 10.6 Å². The highest BCUT2D eigenvalue weighted by atomic mass is 32.2. The third-order valence-electron chi connectivity index (χ3n) is 4.73. The van der Waals surface area contributed by atoms with Gasteiger partial charge in [-0.05, 0) is 74.0 Å². The first kappa shape index (κ1) is 20.0. The van der Waals surface area contributed by atoms with E-state index in [4.69, 9.17) is 8.83 Å². The first-order valence-electron chi connectivity index (χ1n) is 9.33. The van der Waals surface area contributed by atoms with Crippen molar-refractivity contribution >= 4 is 15.7 Å². The fourth-order valence-corrected chi connectivity index (χ4v) is 4.41. The zero-order valence-corrected chi connectivity index (χ0v) is 17.2. The van der Waals surface area contributed by atoms with Gasteiger partial charge in [0.2, 0.25) is 0 Å². The fourth-order valence-electron chi connectivity index (χ4n) is 3.32. The molecule has 0 aliphatic heterocycles. The van der Waals surface area contributed by atoms with Crippen LogP contribution in [-0.2, 0) is 10.0 Å². The number of rotatable bonds is 6. The summed E-state index contributed by atoms with van der Waals surface area (Å²) in [6, 6.07) is 19.1. The lowest BCUT2D eigenvalue weighted by Crippen LogP contribution is -2.15. The molecule has 4 rings (SSSR count). The number of para-hydroxylation sites is 1. The Morgan fingerprint density at radius 2 is 1.37 bits per heavy atom. The molecule has 30 heavy (non-hydrogen) atoms. The van der Waals surface area contributed by atoms with Crippen molar-refractivity contribution in [2.24, 2.45) is 0 Å². The molecule has 1 N–H and O–H groups in total. The van der Waals surface area contributed by atoms with E-state index in [-0.39, 0.29) is 4.90 Å². The summed E-state index contributed by atoms with van der Waals surface area (Å²) < 4.78 is 53.4. The highest BCUT2D eigenvalue weighted by Crippen LogP contribution is 2.38. The molecule has 0 amide bonds. The van der Waals surface area contributed by atoms with Crippen LogP contribution in [0.25, 0.3) is 0 Å². The molecule has 0 bridgehead atoms. The molecule has 0 spiro atoms. The summed E-state index contributed by atoms with van der Waals surface area (Å²) >= 11 is 0. The molecule has 0 saturated heterocycles. The number of furan rings is 2. The molecule has 2 aromatic heterocycles. The molecule has 0 atom stereocenters. The van der Waals surface area contributed by atoms with Crippen molar-refractivity contribution < 1.29 is 21.6 Å². The van der Waals surface area contributed by atoms with Crippen LogP contribution in [0.4, 0.5) is 10.1 Å². The van der Waals surface area contributed by atoms with Gasteiger partial charge in [-0.25, -0.2) is 12.8 Å². The van der Waals surface area contributed by atoms with Gasteiger partial charge in [-0.2, -0.15) is 0 Å². The smallest absolute Gasteiger partial charge is 0.261 e. The highest BCUT2D eigenvalue weighted by Gasteiger charge is 2.27. The standard InChI is InChI=1S/C23H20FNO4S/c1-15-7-13-21(28-15)23(22-14-8-16(2)29-22)19-5-3-4-6-20(19)25-30(26,27)18-11-9-17(24)10-12-18/h3-14,23,25H,1-2H3. The maximum Gasteiger partial charge on any atom is 0.261 e. The Morgan fingerprint density at radius 1 is 0.800 bits per heavy atom. The first-order valence-corrected chi connectivity index (χ1v) is 10.8. The number of nitrogens with one attached hydrogen (secondary N) is 1. The topological polar surface area (TPSA) is 72.5 Å². The van der Waals surface area contributed by atoms with E-state index in [0.29, 0.717) is 22.8 Å². The highest BCUT2D eigenvalue weighted by molar-refractivity contribution is 7.92. The van der Waals surface area contributed by atoms with Crippen molar-refractivity contribution in [2.45, 2.75) is 24.7 Å². The molecule has 0 radical (unpaired) electrons. The maximum absolute atomic E-state index is 13.2. The average molecular weight is 425 g/mol. The number of aryl methyl sites for hydroxylation is 2. The largest absolute Gasteiger partial charge is 0.465 e. The van der Waals surface area contributed by atoms with Gasteiger partial charge in [-0.3, -0.25) is 4.72 Å². The van der Waals surface area contributed by atoms with Crippen LogP contribution >= 0.6 is 0 Å². The van der Waals surface area contributed by atoms with Crippen LogP contribution < -0.4 is 4.72 Å². The lowest BCUT2D eigenvalue weighted by atomic mass is 9.92. The second-order valence-corrected chi connectivity index (χ2v) is 8.66. The van der Waals surface area contributed by atoms with Crippen LogP contribution in [0.5, 0.6) is 0 Å². The average Bonchev–Trinajstić information content (AvgIpc) is 3.32. The molecule has 7 heteroatoms. The Balaban J connectivity index is 1.79. The van der Waals surface area contributed by atoms with Crippen LogP contribution in [0.3, 0.4) is 0 Å². The normalized spacial score (nSPS) is 11.7. The summed E-state index contributed by atoms with van der Waals surface area (Å²) in [5.74, 6) is 1.80. The zero-order chi connectivity index (χ0) is 21.3. The summed E-state index contributed by atoms with van der Waals surface area (Å²) in [5, 5.41) is 0. The van der Waals surface area contributed by atoms with E-state index in [1.165, 1.54) is 12.1 Å². The molecule has 0 aliphatic carbocycles. The van der Waals surface area contributed by atoms with Gasteiger partial charge >= 0.3 is 0 Å². The predicted octanol–water partition coefficient (Wildman–Crippen LogP) is 5.61. The number of anilines is 1. The van der Waals surface area contributed by atoms with E-state index in [2.05, 4.69) is 4.72 Å². The van der Waals surface area contributed by atoms with Crippen molar-refractivity contribution in [2.75, 3.05) is 4.72 Å². The Bertz CT molecular complexity index is 1230. The summed E-state index contributed by atoms with van der Waals surface area (Å²) in [7, 11) is -3.92. The zero-order valence-electron chi connectivity index (χ0n) is 16.4. The number of hydrogen-bond donors (Lipinski definition) is 1. The Labute approximate surface area is 174 Å². The minimum absolute atomic E-state index is 0.0297. The summed E-state index contributed by atoms with van der Waals surface area (Å²) in [4.78, 5) is -0.0297. The Kier molecular flexibility index (Phi) is 5.22. The summed E-state index contributed by atoms with van der Waals surface area (Å²) in [5.41, 5.74) is 1.06. The molecule has 2 aromatic carbocycles. The van der Waals surface area contributed by atoms with E-state index >= 15 is 0 Å². The van der Waals surface area contributed by atoms with Gasteiger partial charge < -0.3 is 8.83 Å². The number of benzene rings is 2. The van der Waals surface area contributed by atoms with E-state index < -0.39 is 21.8 Å². The van der Waals surface area contributed by atoms with Gasteiger partial charge in [-0.15, -0.1) is 0 Å². The van der Waals surface area contributed by atoms with Crippen LogP contribution in [0.15, 0.2) is 86.5 Å². The van der Waals surface area contributed by atoms with Gasteiger partial charge in [0.25, 0.3) is 10.0 Å². The molecule has 5 nitrogen and oxygen atoms in total. The molecule has 0 unspecified atom stereocenters. The second-order valence-electron chi connectivity index (χ2n) is 6.98. The van der Waals surface area contributed by atoms with Crippen molar-refractivity contribution in [3.8, 4) is 0 Å². The Morgan fingerprint density at radius 3 is 1.90 bits per heavy atom. The Hall–Kier alpha value is -3.32. The van der Waals surface area contributed by atoms with Crippen LogP contribution in [-0.4, -0.2) is 8.42 Å². The van der Waals surface area contributed by atoms with Crippen LogP contribution in [0, 0.1) is 19.7 Å². The van der Waals surface area contributed by atoms with Crippen LogP contribution in [0.2, 0.25) is 0 Å². The number of halogens is 1. The molecule has 0 saturated carbocycles. The van der Waals surface area contributed by atoms with Gasteiger partial charge in [-0.1, -0.05) is 18.2 Å². The quantitative estimate of drug-likeness (QED) is 0.436. The molecule has 0 aliphatic rings. The minimum atomic E-state index is -3.92. The van der Waals surface area contributed by atoms with Crippen molar-refractivity contribution in [1.29, 1.82) is 0 Å². The predicted molar refractivity (Wildman–Crippen MR) is 111 cm³/mol. The third kappa shape index (κ3) is 4.02. The fraction of sp³-hybridized carbons (Fsp3) is 0.130. The minimum Gasteiger partial charge on any atom is -0.465 e. The second kappa shape index (κ2) is 7.84. The van der Waals surface area contributed by atoms with Gasteiger partial charge in [0.1, 0.15) is 34.8 Å². The summed E-state index contributed by atoms with van der Waals surface area (Å²) in [6.07, 6.45) is 0. The van der Waals surface area contributed by atoms with Crippen molar-refractivity contribution in [3.05, 3.63) is 107 Å². The molecule has 0 fully saturated rings. The van der Waals surface area contributed by atoms with E-state index in [0.717, 1.165) is 23.7 Å². The molecular weight excluding hydrogens is 405 g/mol. The lowest BCUT2D eigenvalue weighted by Gasteiger charge is -2.18. The first-order chi connectivity index (χ1) is 14.3. The van der Waals surface area contributed by atoms with Crippen molar-refractivity contribution in [1.82, 2.24) is 0 Å². The lowest BCUT2D eigenvalue weighted by molar-refractivity contribution is 0.428. The molecule has 2 heterocycles.